The van der Waals surface area contributed by atoms with Gasteiger partial charge in [-0.15, -0.1) is 10.2 Å². The summed E-state index contributed by atoms with van der Waals surface area (Å²) in [6.45, 7) is 3.74. The minimum Gasteiger partial charge on any atom is -0.342 e. The number of aromatic nitrogens is 3. The van der Waals surface area contributed by atoms with Gasteiger partial charge in [0.2, 0.25) is 0 Å². The van der Waals surface area contributed by atoms with Crippen LogP contribution in [-0.4, -0.2) is 25.6 Å². The number of hydrogen-bond acceptors (Lipinski definition) is 6. The van der Waals surface area contributed by atoms with Crippen molar-refractivity contribution in [1.29, 1.82) is 0 Å². The third kappa shape index (κ3) is 5.72. The van der Waals surface area contributed by atoms with Crippen LogP contribution in [0.5, 0.6) is 0 Å². The molecule has 4 rings (SSSR count). The zero-order valence-electron chi connectivity index (χ0n) is 19.0. The maximum absolute atomic E-state index is 13.2. The number of hydrogen-bond donors (Lipinski definition) is 1. The number of nitro benzene ring substituents is 1. The molecule has 1 N–H and O–H groups in total. The summed E-state index contributed by atoms with van der Waals surface area (Å²) in [4.78, 5) is 23.4. The minimum atomic E-state index is -0.508. The standard InChI is InChI=1S/C25H22FN5O3S/c1-16-3-7-19(8-4-16)24(32)27-17(2)23-28-29-25(35-15-18-5-9-20(26)10-6-18)30(23)21-11-13-22(14-12-21)31(33)34/h3-14,17H,15H2,1-2H3,(H,27,32). The van der Waals surface area contributed by atoms with Gasteiger partial charge in [0, 0.05) is 29.1 Å². The van der Waals surface area contributed by atoms with E-state index in [-0.39, 0.29) is 17.4 Å². The van der Waals surface area contributed by atoms with Crippen molar-refractivity contribution in [2.24, 2.45) is 0 Å². The van der Waals surface area contributed by atoms with E-state index in [2.05, 4.69) is 15.5 Å². The van der Waals surface area contributed by atoms with Crippen molar-refractivity contribution in [3.63, 3.8) is 0 Å². The van der Waals surface area contributed by atoms with Crippen molar-refractivity contribution in [3.8, 4) is 5.69 Å². The highest BCUT2D eigenvalue weighted by Gasteiger charge is 2.22. The number of halogens is 1. The van der Waals surface area contributed by atoms with Crippen molar-refractivity contribution in [3.05, 3.63) is 111 Å². The Morgan fingerprint density at radius 3 is 2.34 bits per heavy atom. The molecule has 1 aromatic heterocycles. The molecule has 0 fully saturated rings. The first-order valence-electron chi connectivity index (χ1n) is 10.8. The van der Waals surface area contributed by atoms with Gasteiger partial charge >= 0.3 is 0 Å². The maximum atomic E-state index is 13.2. The van der Waals surface area contributed by atoms with Crippen LogP contribution >= 0.6 is 11.8 Å². The van der Waals surface area contributed by atoms with Crippen LogP contribution in [-0.2, 0) is 5.75 Å². The number of non-ortho nitro benzene ring substituents is 1. The van der Waals surface area contributed by atoms with Crippen LogP contribution < -0.4 is 5.32 Å². The number of aryl methyl sites for hydroxylation is 1. The average Bonchev–Trinajstić information content (AvgIpc) is 3.28. The van der Waals surface area contributed by atoms with Gasteiger partial charge in [0.15, 0.2) is 11.0 Å². The lowest BCUT2D eigenvalue weighted by atomic mass is 10.1. The van der Waals surface area contributed by atoms with E-state index in [0.29, 0.717) is 28.0 Å². The fourth-order valence-corrected chi connectivity index (χ4v) is 4.31. The molecule has 0 aliphatic rings. The predicted molar refractivity (Wildman–Crippen MR) is 131 cm³/mol. The second-order valence-electron chi connectivity index (χ2n) is 7.93. The van der Waals surface area contributed by atoms with E-state index in [9.17, 15) is 19.3 Å². The monoisotopic (exact) mass is 491 g/mol. The van der Waals surface area contributed by atoms with Crippen molar-refractivity contribution in [2.45, 2.75) is 30.8 Å². The van der Waals surface area contributed by atoms with Crippen molar-refractivity contribution < 1.29 is 14.1 Å². The van der Waals surface area contributed by atoms with Crippen LogP contribution in [0.3, 0.4) is 0 Å². The molecule has 0 radical (unpaired) electrons. The number of nitrogens with zero attached hydrogens (tertiary/aromatic N) is 4. The second-order valence-corrected chi connectivity index (χ2v) is 8.87. The predicted octanol–water partition coefficient (Wildman–Crippen LogP) is 5.41. The maximum Gasteiger partial charge on any atom is 0.269 e. The van der Waals surface area contributed by atoms with Crippen LogP contribution in [0, 0.1) is 22.9 Å². The zero-order chi connectivity index (χ0) is 24.9. The fourth-order valence-electron chi connectivity index (χ4n) is 3.40. The van der Waals surface area contributed by atoms with Crippen LogP contribution in [0.4, 0.5) is 10.1 Å². The Morgan fingerprint density at radius 1 is 1.06 bits per heavy atom. The second kappa shape index (κ2) is 10.5. The van der Waals surface area contributed by atoms with Crippen molar-refractivity contribution in [1.82, 2.24) is 20.1 Å². The quantitative estimate of drug-likeness (QED) is 0.201. The van der Waals surface area contributed by atoms with Gasteiger partial charge in [-0.05, 0) is 55.8 Å². The van der Waals surface area contributed by atoms with Crippen LogP contribution in [0.1, 0.15) is 40.3 Å². The summed E-state index contributed by atoms with van der Waals surface area (Å²) >= 11 is 1.39. The van der Waals surface area contributed by atoms with E-state index in [1.807, 2.05) is 19.1 Å². The first-order valence-corrected chi connectivity index (χ1v) is 11.8. The SMILES string of the molecule is Cc1ccc(C(=O)NC(C)c2nnc(SCc3ccc(F)cc3)n2-c2ccc([N+](=O)[O-])cc2)cc1. The van der Waals surface area contributed by atoms with Crippen LogP contribution in [0.15, 0.2) is 78.0 Å². The summed E-state index contributed by atoms with van der Waals surface area (Å²) in [6.07, 6.45) is 0. The van der Waals surface area contributed by atoms with Gasteiger partial charge in [0.25, 0.3) is 11.6 Å². The van der Waals surface area contributed by atoms with Gasteiger partial charge in [0.1, 0.15) is 5.82 Å². The lowest BCUT2D eigenvalue weighted by molar-refractivity contribution is -0.384. The van der Waals surface area contributed by atoms with Gasteiger partial charge in [0.05, 0.1) is 11.0 Å². The van der Waals surface area contributed by atoms with E-state index in [4.69, 9.17) is 0 Å². The molecule has 178 valence electrons. The highest BCUT2D eigenvalue weighted by molar-refractivity contribution is 7.98. The van der Waals surface area contributed by atoms with Gasteiger partial charge in [-0.3, -0.25) is 19.5 Å². The van der Waals surface area contributed by atoms with Gasteiger partial charge in [-0.25, -0.2) is 4.39 Å². The molecule has 0 spiro atoms. The number of nitro groups is 1. The average molecular weight is 492 g/mol. The molecule has 1 atom stereocenters. The molecular formula is C25H22FN5O3S. The Hall–Kier alpha value is -4.05. The molecule has 3 aromatic carbocycles. The lowest BCUT2D eigenvalue weighted by Crippen LogP contribution is -2.28. The number of thioether (sulfide) groups is 1. The van der Waals surface area contributed by atoms with Gasteiger partial charge < -0.3 is 5.32 Å². The van der Waals surface area contributed by atoms with E-state index in [0.717, 1.165) is 11.1 Å². The summed E-state index contributed by atoms with van der Waals surface area (Å²) < 4.78 is 15.0. The first kappa shape index (κ1) is 24.1. The summed E-state index contributed by atoms with van der Waals surface area (Å²) in [6, 6.07) is 18.9. The number of amides is 1. The Morgan fingerprint density at radius 2 is 1.71 bits per heavy atom. The minimum absolute atomic E-state index is 0.0374. The normalized spacial score (nSPS) is 11.7. The number of rotatable bonds is 8. The van der Waals surface area contributed by atoms with Gasteiger partial charge in [-0.2, -0.15) is 0 Å². The number of carbonyl (C=O) groups is 1. The molecule has 0 saturated carbocycles. The summed E-state index contributed by atoms with van der Waals surface area (Å²) in [5, 5.41) is 23.2. The third-order valence-corrected chi connectivity index (χ3v) is 6.31. The summed E-state index contributed by atoms with van der Waals surface area (Å²) in [7, 11) is 0. The molecule has 35 heavy (non-hydrogen) atoms. The summed E-state index contributed by atoms with van der Waals surface area (Å²) in [5.74, 6) is 0.417. The number of nitrogens with one attached hydrogen (secondary N) is 1. The van der Waals surface area contributed by atoms with Crippen molar-refractivity contribution in [2.75, 3.05) is 0 Å². The van der Waals surface area contributed by atoms with Crippen LogP contribution in [0.25, 0.3) is 5.69 Å². The van der Waals surface area contributed by atoms with E-state index >= 15 is 0 Å². The molecule has 0 bridgehead atoms. The smallest absolute Gasteiger partial charge is 0.269 e. The van der Waals surface area contributed by atoms with Crippen molar-refractivity contribution >= 4 is 23.4 Å². The summed E-state index contributed by atoms with van der Waals surface area (Å²) in [5.41, 5.74) is 3.06. The topological polar surface area (TPSA) is 103 Å². The fraction of sp³-hybridized carbons (Fsp3) is 0.160. The van der Waals surface area contributed by atoms with E-state index < -0.39 is 11.0 Å². The molecule has 0 aliphatic heterocycles. The largest absolute Gasteiger partial charge is 0.342 e. The molecule has 8 nitrogen and oxygen atoms in total. The molecule has 1 heterocycles. The Balaban J connectivity index is 1.63. The lowest BCUT2D eigenvalue weighted by Gasteiger charge is -2.16. The van der Waals surface area contributed by atoms with Gasteiger partial charge in [-0.1, -0.05) is 41.6 Å². The van der Waals surface area contributed by atoms with Crippen LogP contribution in [0.2, 0.25) is 0 Å². The first-order chi connectivity index (χ1) is 16.8. The molecule has 0 aliphatic carbocycles. The molecule has 10 heteroatoms. The molecule has 0 saturated heterocycles. The Bertz CT molecular complexity index is 1340. The zero-order valence-corrected chi connectivity index (χ0v) is 19.8. The highest BCUT2D eigenvalue weighted by atomic mass is 32.2. The van der Waals surface area contributed by atoms with E-state index in [1.54, 1.807) is 47.9 Å². The number of carbonyl (C=O) groups excluding carboxylic acids is 1. The Labute approximate surface area is 205 Å². The molecule has 4 aromatic rings. The molecule has 1 unspecified atom stereocenters. The molecular weight excluding hydrogens is 469 g/mol. The van der Waals surface area contributed by atoms with E-state index in [1.165, 1.54) is 36.0 Å². The Kier molecular flexibility index (Phi) is 7.21. The third-order valence-electron chi connectivity index (χ3n) is 5.31. The number of benzene rings is 3. The highest BCUT2D eigenvalue weighted by Crippen LogP contribution is 2.28. The molecule has 1 amide bonds.